The van der Waals surface area contributed by atoms with Crippen LogP contribution >= 0.6 is 0 Å². The summed E-state index contributed by atoms with van der Waals surface area (Å²) in [7, 11) is 0. The van der Waals surface area contributed by atoms with Crippen LogP contribution < -0.4 is 21.8 Å². The minimum atomic E-state index is -1.18. The maximum atomic E-state index is 13.3. The third-order valence-electron chi connectivity index (χ3n) is 5.38. The summed E-state index contributed by atoms with van der Waals surface area (Å²) in [5, 5.41) is 15.1. The summed E-state index contributed by atoms with van der Waals surface area (Å²) in [4.78, 5) is 53.6. The van der Waals surface area contributed by atoms with Crippen molar-refractivity contribution >= 4 is 24.0 Å². The summed E-state index contributed by atoms with van der Waals surface area (Å²) < 4.78 is 1.51. The zero-order valence-corrected chi connectivity index (χ0v) is 16.5. The van der Waals surface area contributed by atoms with E-state index in [1.807, 2.05) is 0 Å². The van der Waals surface area contributed by atoms with Crippen LogP contribution in [0.5, 0.6) is 0 Å². The Hall–Kier alpha value is -2.99. The first kappa shape index (κ1) is 21.7. The molecule has 12 heteroatoms. The van der Waals surface area contributed by atoms with Crippen LogP contribution in [0.2, 0.25) is 0 Å². The number of nitrogens with one attached hydrogen (secondary N) is 3. The number of nitrogens with zero attached hydrogens (tertiary/aromatic N) is 3. The molecule has 2 aliphatic heterocycles. The molecule has 0 spiro atoms. The molecule has 4 atom stereocenters. The van der Waals surface area contributed by atoms with Gasteiger partial charge in [0, 0.05) is 19.4 Å². The van der Waals surface area contributed by atoms with Gasteiger partial charge in [0.25, 0.3) is 0 Å². The molecule has 1 aromatic rings. The predicted molar refractivity (Wildman–Crippen MR) is 104 cm³/mol. The summed E-state index contributed by atoms with van der Waals surface area (Å²) in [5.74, 6) is -1.03. The van der Waals surface area contributed by atoms with E-state index < -0.39 is 30.3 Å². The first-order valence-corrected chi connectivity index (χ1v) is 9.93. The van der Waals surface area contributed by atoms with Gasteiger partial charge in [-0.3, -0.25) is 19.1 Å². The zero-order valence-electron chi connectivity index (χ0n) is 16.5. The number of carbonyl (C=O) groups is 4. The van der Waals surface area contributed by atoms with E-state index in [1.54, 1.807) is 0 Å². The van der Waals surface area contributed by atoms with Crippen molar-refractivity contribution in [3.8, 4) is 0 Å². The van der Waals surface area contributed by atoms with Gasteiger partial charge in [0.15, 0.2) is 0 Å². The van der Waals surface area contributed by atoms with Crippen molar-refractivity contribution in [2.45, 2.75) is 56.5 Å². The Morgan fingerprint density at radius 1 is 1.43 bits per heavy atom. The van der Waals surface area contributed by atoms with Crippen molar-refractivity contribution in [1.29, 1.82) is 0 Å². The predicted octanol–water partition coefficient (Wildman–Crippen LogP) is -2.80. The number of aliphatic hydroxyl groups excluding tert-OH is 1. The van der Waals surface area contributed by atoms with Crippen LogP contribution in [0.1, 0.15) is 31.4 Å². The molecule has 30 heavy (non-hydrogen) atoms. The number of hydrogen-bond donors (Lipinski definition) is 5. The van der Waals surface area contributed by atoms with Crippen molar-refractivity contribution in [2.75, 3.05) is 18.5 Å². The number of likely N-dealkylation sites (tertiary alicyclic amines) is 1. The Balaban J connectivity index is 1.78. The van der Waals surface area contributed by atoms with Gasteiger partial charge in [0.2, 0.25) is 17.7 Å². The average molecular weight is 421 g/mol. The second-order valence-electron chi connectivity index (χ2n) is 7.44. The Bertz CT molecular complexity index is 796. The Labute approximate surface area is 173 Å². The molecule has 2 saturated heterocycles. The molecule has 6 N–H and O–H groups in total. The number of carbonyl (C=O) groups excluding carboxylic acids is 4. The first-order chi connectivity index (χ1) is 14.4. The summed E-state index contributed by atoms with van der Waals surface area (Å²) in [5.41, 5.74) is 9.03. The van der Waals surface area contributed by atoms with Crippen molar-refractivity contribution < 1.29 is 24.3 Å². The third-order valence-corrected chi connectivity index (χ3v) is 5.38. The van der Waals surface area contributed by atoms with Crippen molar-refractivity contribution in [1.82, 2.24) is 25.2 Å². The molecule has 1 aromatic heterocycles. The normalized spacial score (nSPS) is 23.0. The molecular weight excluding hydrogens is 394 g/mol. The molecule has 0 radical (unpaired) electrons. The molecule has 0 bridgehead atoms. The molecule has 3 rings (SSSR count). The minimum Gasteiger partial charge on any atom is -0.377 e. The second kappa shape index (κ2) is 9.67. The number of amides is 3. The molecule has 0 saturated carbocycles. The average Bonchev–Trinajstić information content (AvgIpc) is 3.46. The first-order valence-electron chi connectivity index (χ1n) is 9.93. The van der Waals surface area contributed by atoms with E-state index in [1.165, 1.54) is 22.1 Å². The van der Waals surface area contributed by atoms with Crippen molar-refractivity contribution in [3.63, 3.8) is 0 Å². The molecule has 12 nitrogen and oxygen atoms in total. The lowest BCUT2D eigenvalue weighted by Crippen LogP contribution is -2.56. The molecule has 0 aromatic carbocycles. The molecule has 3 heterocycles. The highest BCUT2D eigenvalue weighted by atomic mass is 16.3. The smallest absolute Gasteiger partial charge is 0.245 e. The second-order valence-corrected chi connectivity index (χ2v) is 7.44. The zero-order chi connectivity index (χ0) is 21.7. The van der Waals surface area contributed by atoms with Crippen LogP contribution in [0, 0.1) is 0 Å². The van der Waals surface area contributed by atoms with E-state index in [0.29, 0.717) is 37.8 Å². The molecule has 2 fully saturated rings. The standard InChI is InChI=1S/C18H27N7O5/c19-16(28)14-2-1-6-24(14)18(30)13(23-17(29)12-3-4-15(27)22-12)8-11-9-20-10-25(11)21-5-7-26/h7,9-10,12-14,16,21,28H,1-6,8,19H2,(H,22,27)(H,23,29). The molecule has 4 unspecified atom stereocenters. The summed E-state index contributed by atoms with van der Waals surface area (Å²) in [6.07, 6.45) is 4.48. The lowest BCUT2D eigenvalue weighted by molar-refractivity contribution is -0.139. The number of aromatic nitrogens is 2. The molecule has 2 aliphatic rings. The van der Waals surface area contributed by atoms with E-state index in [0.717, 1.165) is 0 Å². The Morgan fingerprint density at radius 2 is 2.23 bits per heavy atom. The van der Waals surface area contributed by atoms with Crippen molar-refractivity contribution in [2.24, 2.45) is 5.73 Å². The largest absolute Gasteiger partial charge is 0.377 e. The number of nitrogens with two attached hydrogens (primary N) is 1. The van der Waals surface area contributed by atoms with Crippen molar-refractivity contribution in [3.05, 3.63) is 18.2 Å². The van der Waals surface area contributed by atoms with Gasteiger partial charge in [0.1, 0.15) is 30.9 Å². The summed E-state index contributed by atoms with van der Waals surface area (Å²) in [6, 6.07) is -2.18. The maximum absolute atomic E-state index is 13.3. The highest BCUT2D eigenvalue weighted by molar-refractivity contribution is 5.94. The Kier molecular flexibility index (Phi) is 7.00. The van der Waals surface area contributed by atoms with Gasteiger partial charge in [0.05, 0.1) is 24.5 Å². The lowest BCUT2D eigenvalue weighted by Gasteiger charge is -2.31. The van der Waals surface area contributed by atoms with E-state index in [-0.39, 0.29) is 31.2 Å². The highest BCUT2D eigenvalue weighted by Crippen LogP contribution is 2.21. The van der Waals surface area contributed by atoms with Gasteiger partial charge in [-0.25, -0.2) is 4.98 Å². The van der Waals surface area contributed by atoms with Crippen LogP contribution in [0.15, 0.2) is 12.5 Å². The quantitative estimate of drug-likeness (QED) is 0.210. The van der Waals surface area contributed by atoms with Gasteiger partial charge >= 0.3 is 0 Å². The van der Waals surface area contributed by atoms with Gasteiger partial charge in [-0.2, -0.15) is 0 Å². The fraction of sp³-hybridized carbons (Fsp3) is 0.611. The van der Waals surface area contributed by atoms with Crippen LogP contribution in [-0.4, -0.2) is 81.1 Å². The lowest BCUT2D eigenvalue weighted by atomic mass is 10.1. The molecule has 0 aliphatic carbocycles. The number of hydrogen-bond acceptors (Lipinski definition) is 8. The minimum absolute atomic E-state index is 0.0516. The van der Waals surface area contributed by atoms with E-state index in [2.05, 4.69) is 21.0 Å². The maximum Gasteiger partial charge on any atom is 0.245 e. The third kappa shape index (κ3) is 4.94. The SMILES string of the molecule is NC(O)C1CCCN1C(=O)C(Cc1cncn1NCC=O)NC(=O)C1CCC(=O)N1. The monoisotopic (exact) mass is 421 g/mol. The number of aldehydes is 1. The van der Waals surface area contributed by atoms with Crippen LogP contribution in [0.25, 0.3) is 0 Å². The summed E-state index contributed by atoms with van der Waals surface area (Å²) >= 11 is 0. The number of aliphatic hydroxyl groups is 1. The fourth-order valence-electron chi connectivity index (χ4n) is 3.87. The van der Waals surface area contributed by atoms with Gasteiger partial charge in [-0.1, -0.05) is 0 Å². The number of imidazole rings is 1. The van der Waals surface area contributed by atoms with Crippen LogP contribution in [0.3, 0.4) is 0 Å². The summed E-state index contributed by atoms with van der Waals surface area (Å²) in [6.45, 7) is 0.475. The van der Waals surface area contributed by atoms with Crippen LogP contribution in [-0.2, 0) is 25.6 Å². The molecule has 164 valence electrons. The van der Waals surface area contributed by atoms with E-state index in [4.69, 9.17) is 5.73 Å². The highest BCUT2D eigenvalue weighted by Gasteiger charge is 2.38. The van der Waals surface area contributed by atoms with Gasteiger partial charge in [-0.05, 0) is 19.3 Å². The van der Waals surface area contributed by atoms with E-state index >= 15 is 0 Å². The van der Waals surface area contributed by atoms with Gasteiger partial charge in [-0.15, -0.1) is 0 Å². The fourth-order valence-corrected chi connectivity index (χ4v) is 3.87. The topological polar surface area (TPSA) is 172 Å². The van der Waals surface area contributed by atoms with Crippen LogP contribution in [0.4, 0.5) is 0 Å². The number of rotatable bonds is 9. The Morgan fingerprint density at radius 3 is 2.90 bits per heavy atom. The molecule has 3 amide bonds. The van der Waals surface area contributed by atoms with E-state index in [9.17, 15) is 24.3 Å². The molecular formula is C18H27N7O5. The van der Waals surface area contributed by atoms with Gasteiger partial charge < -0.3 is 36.6 Å².